The number of hydrogen-bond donors (Lipinski definition) is 4. The van der Waals surface area contributed by atoms with Gasteiger partial charge in [0.05, 0.1) is 23.1 Å². The Morgan fingerprint density at radius 3 is 2.41 bits per heavy atom. The van der Waals surface area contributed by atoms with E-state index in [9.17, 15) is 28.2 Å². The number of aliphatic hydroxyl groups is 1. The van der Waals surface area contributed by atoms with E-state index < -0.39 is 33.7 Å². The molecule has 0 aliphatic rings. The second kappa shape index (κ2) is 13.2. The van der Waals surface area contributed by atoms with E-state index in [0.29, 0.717) is 12.1 Å². The zero-order valence-corrected chi connectivity index (χ0v) is 22.0. The highest BCUT2D eigenvalue weighted by molar-refractivity contribution is 7.89. The van der Waals surface area contributed by atoms with Gasteiger partial charge >= 0.3 is 6.09 Å². The summed E-state index contributed by atoms with van der Waals surface area (Å²) in [7, 11) is -4.18. The number of aliphatic hydroxyl groups excluding tert-OH is 1. The van der Waals surface area contributed by atoms with Crippen LogP contribution in [-0.4, -0.2) is 60.2 Å². The van der Waals surface area contributed by atoms with E-state index in [-0.39, 0.29) is 36.7 Å². The van der Waals surface area contributed by atoms with Crippen LogP contribution in [0.1, 0.15) is 39.2 Å². The van der Waals surface area contributed by atoms with Crippen LogP contribution in [-0.2, 0) is 21.2 Å². The van der Waals surface area contributed by atoms with Gasteiger partial charge in [0.1, 0.15) is 0 Å². The largest absolute Gasteiger partial charge is 0.465 e. The zero-order chi connectivity index (χ0) is 27.6. The standard InChI is InChI=1S/C26H34N4O6S/c1-19(31)28-21-11-7-12-22(16-21)37(35,36)30(18-26(2,3)13-8-14-27)17-24(32)23(29-25(33)34)15-20-9-5-4-6-10-20/h4-7,9-12,16,23-24,29,32H,8,13,15,17-18H2,1-3H3,(H,28,31)(H,33,34)/t23-,24+/m0/s1. The van der Waals surface area contributed by atoms with E-state index in [1.165, 1.54) is 25.1 Å². The maximum Gasteiger partial charge on any atom is 0.404 e. The van der Waals surface area contributed by atoms with Gasteiger partial charge in [0.2, 0.25) is 15.9 Å². The minimum atomic E-state index is -4.18. The Kier molecular flexibility index (Phi) is 10.6. The van der Waals surface area contributed by atoms with E-state index in [4.69, 9.17) is 5.26 Å². The zero-order valence-electron chi connectivity index (χ0n) is 21.2. The first-order chi connectivity index (χ1) is 17.3. The molecule has 200 valence electrons. The Balaban J connectivity index is 2.42. The number of sulfonamides is 1. The number of nitrogens with zero attached hydrogens (tertiary/aromatic N) is 2. The number of amides is 2. The highest BCUT2D eigenvalue weighted by Gasteiger charge is 2.34. The molecule has 0 saturated carbocycles. The number of nitriles is 1. The summed E-state index contributed by atoms with van der Waals surface area (Å²) < 4.78 is 28.6. The second-order valence-electron chi connectivity index (χ2n) is 9.64. The van der Waals surface area contributed by atoms with Gasteiger partial charge in [-0.3, -0.25) is 4.79 Å². The molecule has 0 spiro atoms. The smallest absolute Gasteiger partial charge is 0.404 e. The van der Waals surface area contributed by atoms with Crippen molar-refractivity contribution in [3.05, 3.63) is 60.2 Å². The Labute approximate surface area is 218 Å². The van der Waals surface area contributed by atoms with Crippen molar-refractivity contribution in [2.75, 3.05) is 18.4 Å². The number of anilines is 1. The highest BCUT2D eigenvalue weighted by Crippen LogP contribution is 2.28. The van der Waals surface area contributed by atoms with E-state index >= 15 is 0 Å². The molecule has 10 nitrogen and oxygen atoms in total. The van der Waals surface area contributed by atoms with E-state index in [2.05, 4.69) is 16.7 Å². The summed E-state index contributed by atoms with van der Waals surface area (Å²) in [6.45, 7) is 4.54. The lowest BCUT2D eigenvalue weighted by molar-refractivity contribution is -0.114. The molecule has 4 N–H and O–H groups in total. The van der Waals surface area contributed by atoms with Crippen molar-refractivity contribution < 1.29 is 28.2 Å². The summed E-state index contributed by atoms with van der Waals surface area (Å²) in [5, 5.41) is 34.3. The summed E-state index contributed by atoms with van der Waals surface area (Å²) in [5.41, 5.74) is 0.451. The van der Waals surface area contributed by atoms with Gasteiger partial charge in [0.25, 0.3) is 0 Å². The maximum absolute atomic E-state index is 13.8. The fraction of sp³-hybridized carbons (Fsp3) is 0.423. The SMILES string of the molecule is CC(=O)Nc1cccc(S(=O)(=O)N(C[C@@H](O)[C@H](Cc2ccccc2)NC(=O)O)CC(C)(C)CCC#N)c1. The minimum Gasteiger partial charge on any atom is -0.465 e. The van der Waals surface area contributed by atoms with Gasteiger partial charge in [-0.2, -0.15) is 9.57 Å². The predicted molar refractivity (Wildman–Crippen MR) is 139 cm³/mol. The first kappa shape index (κ1) is 29.8. The molecule has 0 aromatic heterocycles. The van der Waals surface area contributed by atoms with Crippen molar-refractivity contribution in [3.8, 4) is 6.07 Å². The van der Waals surface area contributed by atoms with Crippen molar-refractivity contribution >= 4 is 27.7 Å². The molecule has 11 heteroatoms. The first-order valence-electron chi connectivity index (χ1n) is 11.8. The third-order valence-electron chi connectivity index (χ3n) is 5.77. The summed E-state index contributed by atoms with van der Waals surface area (Å²) in [6, 6.07) is 15.8. The molecule has 0 heterocycles. The van der Waals surface area contributed by atoms with Gasteiger partial charge < -0.3 is 20.8 Å². The predicted octanol–water partition coefficient (Wildman–Crippen LogP) is 3.21. The number of carbonyl (C=O) groups excluding carboxylic acids is 1. The van der Waals surface area contributed by atoms with E-state index in [0.717, 1.165) is 9.87 Å². The first-order valence-corrected chi connectivity index (χ1v) is 13.2. The van der Waals surface area contributed by atoms with Gasteiger partial charge in [-0.1, -0.05) is 50.2 Å². The van der Waals surface area contributed by atoms with Crippen molar-refractivity contribution in [1.29, 1.82) is 5.26 Å². The molecule has 0 aliphatic carbocycles. The third-order valence-corrected chi connectivity index (χ3v) is 7.58. The number of rotatable bonds is 13. The molecular weight excluding hydrogens is 496 g/mol. The quantitative estimate of drug-likeness (QED) is 0.309. The molecule has 2 rings (SSSR count). The van der Waals surface area contributed by atoms with Gasteiger partial charge in [-0.15, -0.1) is 0 Å². The Morgan fingerprint density at radius 2 is 1.81 bits per heavy atom. The molecule has 0 radical (unpaired) electrons. The summed E-state index contributed by atoms with van der Waals surface area (Å²) in [4.78, 5) is 22.8. The molecule has 2 aromatic rings. The fourth-order valence-corrected chi connectivity index (χ4v) is 5.62. The lowest BCUT2D eigenvalue weighted by Gasteiger charge is -2.34. The fourth-order valence-electron chi connectivity index (χ4n) is 3.93. The Bertz CT molecular complexity index is 1210. The summed E-state index contributed by atoms with van der Waals surface area (Å²) >= 11 is 0. The minimum absolute atomic E-state index is 0.0242. The van der Waals surface area contributed by atoms with Crippen LogP contribution in [0, 0.1) is 16.7 Å². The van der Waals surface area contributed by atoms with Crippen LogP contribution < -0.4 is 10.6 Å². The van der Waals surface area contributed by atoms with Crippen LogP contribution in [0.5, 0.6) is 0 Å². The molecule has 0 bridgehead atoms. The van der Waals surface area contributed by atoms with Crippen LogP contribution in [0.15, 0.2) is 59.5 Å². The maximum atomic E-state index is 13.8. The van der Waals surface area contributed by atoms with Crippen LogP contribution in [0.2, 0.25) is 0 Å². The van der Waals surface area contributed by atoms with Gasteiger partial charge in [-0.05, 0) is 42.0 Å². The number of carboxylic acid groups (broad SMARTS) is 1. The highest BCUT2D eigenvalue weighted by atomic mass is 32.2. The second-order valence-corrected chi connectivity index (χ2v) is 11.6. The average molecular weight is 531 g/mol. The van der Waals surface area contributed by atoms with Crippen molar-refractivity contribution in [1.82, 2.24) is 9.62 Å². The molecule has 2 aromatic carbocycles. The molecule has 0 saturated heterocycles. The number of carbonyl (C=O) groups is 2. The van der Waals surface area contributed by atoms with Crippen LogP contribution >= 0.6 is 0 Å². The molecular formula is C26H34N4O6S. The monoisotopic (exact) mass is 530 g/mol. The van der Waals surface area contributed by atoms with Crippen LogP contribution in [0.25, 0.3) is 0 Å². The Morgan fingerprint density at radius 1 is 1.14 bits per heavy atom. The normalized spacial score (nSPS) is 13.4. The van der Waals surface area contributed by atoms with Crippen molar-refractivity contribution in [2.24, 2.45) is 5.41 Å². The van der Waals surface area contributed by atoms with Crippen LogP contribution in [0.4, 0.5) is 10.5 Å². The molecule has 37 heavy (non-hydrogen) atoms. The third kappa shape index (κ3) is 9.49. The van der Waals surface area contributed by atoms with Crippen molar-refractivity contribution in [2.45, 2.75) is 57.1 Å². The summed E-state index contributed by atoms with van der Waals surface area (Å²) in [5.74, 6) is -0.358. The number of benzene rings is 2. The van der Waals surface area contributed by atoms with Gasteiger partial charge in [0.15, 0.2) is 0 Å². The summed E-state index contributed by atoms with van der Waals surface area (Å²) in [6.07, 6.45) is -1.93. The molecule has 0 fully saturated rings. The van der Waals surface area contributed by atoms with Crippen LogP contribution in [0.3, 0.4) is 0 Å². The number of nitrogens with one attached hydrogen (secondary N) is 2. The van der Waals surface area contributed by atoms with Crippen molar-refractivity contribution in [3.63, 3.8) is 0 Å². The lowest BCUT2D eigenvalue weighted by atomic mass is 9.88. The molecule has 0 aliphatic heterocycles. The molecule has 2 atom stereocenters. The van der Waals surface area contributed by atoms with E-state index in [1.807, 2.05) is 19.9 Å². The van der Waals surface area contributed by atoms with Gasteiger partial charge in [0, 0.05) is 32.1 Å². The molecule has 0 unspecified atom stereocenters. The lowest BCUT2D eigenvalue weighted by Crippen LogP contribution is -2.51. The molecule has 2 amide bonds. The van der Waals surface area contributed by atoms with E-state index in [1.54, 1.807) is 30.3 Å². The number of hydrogen-bond acceptors (Lipinski definition) is 6. The Hall–Kier alpha value is -3.46. The van der Waals surface area contributed by atoms with Gasteiger partial charge in [-0.25, -0.2) is 13.2 Å². The average Bonchev–Trinajstić information content (AvgIpc) is 2.82. The topological polar surface area (TPSA) is 160 Å².